The van der Waals surface area contributed by atoms with Crippen LogP contribution in [0.3, 0.4) is 0 Å². The molecule has 9 nitrogen and oxygen atoms in total. The third kappa shape index (κ3) is 6.61. The van der Waals surface area contributed by atoms with Crippen molar-refractivity contribution in [1.82, 2.24) is 9.55 Å². The summed E-state index contributed by atoms with van der Waals surface area (Å²) >= 11 is 0. The van der Waals surface area contributed by atoms with E-state index in [-0.39, 0.29) is 12.2 Å². The Morgan fingerprint density at radius 1 is 1.13 bits per heavy atom. The van der Waals surface area contributed by atoms with Gasteiger partial charge in [0.25, 0.3) is 5.56 Å². The van der Waals surface area contributed by atoms with E-state index in [4.69, 9.17) is 9.47 Å². The molecule has 3 N–H and O–H groups in total. The molecule has 0 amide bonds. The molecule has 170 valence electrons. The number of aromatic hydroxyl groups is 1. The van der Waals surface area contributed by atoms with E-state index in [1.807, 2.05) is 13.8 Å². The van der Waals surface area contributed by atoms with E-state index >= 15 is 0 Å². The molecule has 2 aromatic rings. The molecule has 0 saturated heterocycles. The molecule has 0 unspecified atom stereocenters. The predicted molar refractivity (Wildman–Crippen MR) is 118 cm³/mol. The second-order valence-corrected chi connectivity index (χ2v) is 7.14. The summed E-state index contributed by atoms with van der Waals surface area (Å²) in [5.74, 6) is -0.559. The van der Waals surface area contributed by atoms with Crippen LogP contribution in [0.4, 0.5) is 0 Å². The SMILES string of the molecule is CCCCOC[C@](CO)(N=Cc1c(O)n(-c2ccccc2)c(=O)[nH]c1=O)OCCCC. The van der Waals surface area contributed by atoms with Crippen molar-refractivity contribution < 1.29 is 19.7 Å². The highest BCUT2D eigenvalue weighted by molar-refractivity contribution is 5.82. The van der Waals surface area contributed by atoms with E-state index in [0.717, 1.165) is 36.5 Å². The van der Waals surface area contributed by atoms with E-state index in [1.54, 1.807) is 30.3 Å². The molecular formula is C22H31N3O6. The standard InChI is InChI=1S/C22H31N3O6/c1-3-5-12-30-16-22(15-26,31-13-6-4-2)23-14-18-19(27)24-21(29)25(20(18)28)17-10-8-7-9-11-17/h7-11,14,26,28H,3-6,12-13,15-16H2,1-2H3,(H,24,27,29)/t22-/m1/s1. The summed E-state index contributed by atoms with van der Waals surface area (Å²) in [6, 6.07) is 8.40. The highest BCUT2D eigenvalue weighted by Crippen LogP contribution is 2.18. The number of aliphatic hydroxyl groups is 1. The Kier molecular flexibility index (Phi) is 9.64. The average Bonchev–Trinajstić information content (AvgIpc) is 2.76. The fraction of sp³-hybridized carbons (Fsp3) is 0.500. The van der Waals surface area contributed by atoms with Crippen LogP contribution in [0.15, 0.2) is 44.9 Å². The Morgan fingerprint density at radius 2 is 1.81 bits per heavy atom. The first-order chi connectivity index (χ1) is 15.0. The molecule has 1 aromatic heterocycles. The van der Waals surface area contributed by atoms with E-state index < -0.39 is 29.5 Å². The van der Waals surface area contributed by atoms with E-state index in [9.17, 15) is 19.8 Å². The highest BCUT2D eigenvalue weighted by atomic mass is 16.6. The fourth-order valence-electron chi connectivity index (χ4n) is 2.79. The van der Waals surface area contributed by atoms with Crippen molar-refractivity contribution in [2.45, 2.75) is 45.3 Å². The molecule has 1 heterocycles. The molecule has 0 bridgehead atoms. The van der Waals surface area contributed by atoms with Crippen molar-refractivity contribution in [3.63, 3.8) is 0 Å². The summed E-state index contributed by atoms with van der Waals surface area (Å²) in [6.45, 7) is 4.38. The normalized spacial score (nSPS) is 13.5. The number of aromatic nitrogens is 2. The van der Waals surface area contributed by atoms with Gasteiger partial charge in [-0.15, -0.1) is 0 Å². The van der Waals surface area contributed by atoms with Gasteiger partial charge in [0.2, 0.25) is 11.6 Å². The first-order valence-electron chi connectivity index (χ1n) is 10.5. The molecule has 0 aliphatic rings. The minimum atomic E-state index is -1.42. The van der Waals surface area contributed by atoms with Crippen molar-refractivity contribution in [2.75, 3.05) is 26.4 Å². The zero-order valence-electron chi connectivity index (χ0n) is 18.0. The van der Waals surface area contributed by atoms with Gasteiger partial charge in [0.1, 0.15) is 5.56 Å². The fourth-order valence-corrected chi connectivity index (χ4v) is 2.79. The van der Waals surface area contributed by atoms with E-state index in [1.165, 1.54) is 0 Å². The molecule has 0 spiro atoms. The topological polar surface area (TPSA) is 126 Å². The lowest BCUT2D eigenvalue weighted by atomic mass is 10.2. The number of para-hydroxylation sites is 1. The first kappa shape index (κ1) is 24.5. The Balaban J connectivity index is 2.41. The van der Waals surface area contributed by atoms with Crippen LogP contribution >= 0.6 is 0 Å². The molecule has 2 rings (SSSR count). The van der Waals surface area contributed by atoms with Gasteiger partial charge in [0, 0.05) is 19.4 Å². The van der Waals surface area contributed by atoms with Gasteiger partial charge in [0.05, 0.1) is 18.9 Å². The van der Waals surface area contributed by atoms with Crippen LogP contribution in [0.5, 0.6) is 5.88 Å². The third-order valence-corrected chi connectivity index (χ3v) is 4.65. The second kappa shape index (κ2) is 12.2. The second-order valence-electron chi connectivity index (χ2n) is 7.14. The zero-order chi connectivity index (χ0) is 22.7. The molecule has 0 aliphatic heterocycles. The summed E-state index contributed by atoms with van der Waals surface area (Å²) in [4.78, 5) is 31.1. The maximum absolute atomic E-state index is 12.4. The van der Waals surface area contributed by atoms with Gasteiger partial charge in [-0.05, 0) is 25.0 Å². The number of unbranched alkanes of at least 4 members (excludes halogenated alkanes) is 2. The van der Waals surface area contributed by atoms with E-state index in [2.05, 4.69) is 9.98 Å². The van der Waals surface area contributed by atoms with Gasteiger partial charge in [0.15, 0.2) is 0 Å². The first-order valence-corrected chi connectivity index (χ1v) is 10.5. The van der Waals surface area contributed by atoms with Crippen LogP contribution in [0.2, 0.25) is 0 Å². The lowest BCUT2D eigenvalue weighted by molar-refractivity contribution is -0.118. The van der Waals surface area contributed by atoms with Gasteiger partial charge in [-0.1, -0.05) is 44.9 Å². The molecule has 31 heavy (non-hydrogen) atoms. The van der Waals surface area contributed by atoms with Crippen LogP contribution < -0.4 is 11.2 Å². The van der Waals surface area contributed by atoms with Gasteiger partial charge < -0.3 is 19.7 Å². The van der Waals surface area contributed by atoms with Gasteiger partial charge in [-0.2, -0.15) is 0 Å². The third-order valence-electron chi connectivity index (χ3n) is 4.65. The maximum Gasteiger partial charge on any atom is 0.335 e. The number of aromatic amines is 1. The monoisotopic (exact) mass is 433 g/mol. The summed E-state index contributed by atoms with van der Waals surface area (Å²) in [6.07, 6.45) is 4.57. The Labute approximate surface area is 181 Å². The number of nitrogens with one attached hydrogen (secondary N) is 1. The number of benzene rings is 1. The number of nitrogens with zero attached hydrogens (tertiary/aromatic N) is 2. The maximum atomic E-state index is 12.4. The van der Waals surface area contributed by atoms with Crippen LogP contribution in [-0.2, 0) is 9.47 Å². The largest absolute Gasteiger partial charge is 0.493 e. The van der Waals surface area contributed by atoms with Crippen molar-refractivity contribution in [3.8, 4) is 11.6 Å². The molecule has 0 radical (unpaired) electrons. The molecule has 0 saturated carbocycles. The number of H-pyrrole nitrogens is 1. The minimum absolute atomic E-state index is 0.0132. The van der Waals surface area contributed by atoms with Crippen LogP contribution in [-0.4, -0.2) is 58.1 Å². The lowest BCUT2D eigenvalue weighted by Crippen LogP contribution is -2.41. The summed E-state index contributed by atoms with van der Waals surface area (Å²) in [5, 5.41) is 20.7. The summed E-state index contributed by atoms with van der Waals surface area (Å²) < 4.78 is 12.4. The smallest absolute Gasteiger partial charge is 0.335 e. The average molecular weight is 434 g/mol. The molecule has 9 heteroatoms. The molecular weight excluding hydrogens is 402 g/mol. The van der Waals surface area contributed by atoms with Gasteiger partial charge >= 0.3 is 5.69 Å². The highest BCUT2D eigenvalue weighted by Gasteiger charge is 2.30. The molecule has 0 fully saturated rings. The number of aliphatic hydroxyl groups excluding tert-OH is 1. The predicted octanol–water partition coefficient (Wildman–Crippen LogP) is 1.97. The summed E-state index contributed by atoms with van der Waals surface area (Å²) in [5.41, 5.74) is -2.84. The van der Waals surface area contributed by atoms with Crippen LogP contribution in [0, 0.1) is 0 Å². The van der Waals surface area contributed by atoms with Crippen molar-refractivity contribution >= 4 is 6.21 Å². The minimum Gasteiger partial charge on any atom is -0.493 e. The van der Waals surface area contributed by atoms with Crippen LogP contribution in [0.25, 0.3) is 5.69 Å². The number of hydrogen-bond donors (Lipinski definition) is 3. The molecule has 0 aliphatic carbocycles. The van der Waals surface area contributed by atoms with Crippen molar-refractivity contribution in [2.24, 2.45) is 4.99 Å². The number of rotatable bonds is 13. The van der Waals surface area contributed by atoms with Crippen LogP contribution in [0.1, 0.15) is 45.1 Å². The van der Waals surface area contributed by atoms with Crippen molar-refractivity contribution in [1.29, 1.82) is 0 Å². The summed E-state index contributed by atoms with van der Waals surface area (Å²) in [7, 11) is 0. The van der Waals surface area contributed by atoms with E-state index in [0.29, 0.717) is 18.9 Å². The Bertz CT molecular complexity index is 954. The van der Waals surface area contributed by atoms with Gasteiger partial charge in [-0.3, -0.25) is 14.8 Å². The zero-order valence-corrected chi connectivity index (χ0v) is 18.0. The molecule has 1 aromatic carbocycles. The number of hydrogen-bond acceptors (Lipinski definition) is 7. The quantitative estimate of drug-likeness (QED) is 0.328. The Hall–Kier alpha value is -2.75. The number of aliphatic imine (C=N–C) groups is 1. The number of ether oxygens (including phenoxy) is 2. The Morgan fingerprint density at radius 3 is 2.45 bits per heavy atom. The lowest BCUT2D eigenvalue weighted by Gasteiger charge is -2.28. The molecule has 1 atom stereocenters. The van der Waals surface area contributed by atoms with Gasteiger partial charge in [-0.25, -0.2) is 9.36 Å². The van der Waals surface area contributed by atoms with Crippen molar-refractivity contribution in [3.05, 3.63) is 56.7 Å².